The van der Waals surface area contributed by atoms with Gasteiger partial charge in [0.25, 0.3) is 0 Å². The van der Waals surface area contributed by atoms with E-state index in [9.17, 15) is 0 Å². The van der Waals surface area contributed by atoms with Crippen molar-refractivity contribution >= 4 is 0 Å². The van der Waals surface area contributed by atoms with E-state index in [0.717, 1.165) is 11.8 Å². The molecule has 0 aliphatic heterocycles. The number of hydrogen-bond acceptors (Lipinski definition) is 0. The van der Waals surface area contributed by atoms with Crippen LogP contribution >= 0.6 is 0 Å². The molecule has 1 aromatic carbocycles. The quantitative estimate of drug-likeness (QED) is 0.583. The summed E-state index contributed by atoms with van der Waals surface area (Å²) in [6.07, 6.45) is 3.90. The van der Waals surface area contributed by atoms with Crippen LogP contribution in [0.25, 0.3) is 0 Å². The summed E-state index contributed by atoms with van der Waals surface area (Å²) in [5.41, 5.74) is 1.44. The summed E-state index contributed by atoms with van der Waals surface area (Å²) in [6, 6.07) is 10.6. The molecule has 18 heavy (non-hydrogen) atoms. The molecule has 0 heterocycles. The van der Waals surface area contributed by atoms with Crippen LogP contribution in [0.3, 0.4) is 0 Å². The van der Waals surface area contributed by atoms with Crippen LogP contribution in [0, 0.1) is 11.8 Å². The Bertz CT molecular complexity index is 233. The largest absolute Gasteiger partial charge is 0.0683 e. The predicted molar refractivity (Wildman–Crippen MR) is 86.1 cm³/mol. The molecule has 0 fully saturated rings. The Balaban J connectivity index is 0. The Hall–Kier alpha value is -0.780. The van der Waals surface area contributed by atoms with Crippen molar-refractivity contribution in [3.63, 3.8) is 0 Å². The summed E-state index contributed by atoms with van der Waals surface area (Å²) in [5, 5.41) is 0. The molecule has 0 nitrogen and oxygen atoms in total. The first-order valence-electron chi connectivity index (χ1n) is 7.60. The van der Waals surface area contributed by atoms with Gasteiger partial charge < -0.3 is 0 Å². The van der Waals surface area contributed by atoms with Crippen LogP contribution in [0.2, 0.25) is 0 Å². The molecule has 0 aliphatic carbocycles. The summed E-state index contributed by atoms with van der Waals surface area (Å²) >= 11 is 0. The molecule has 0 amide bonds. The summed E-state index contributed by atoms with van der Waals surface area (Å²) in [7, 11) is 0. The van der Waals surface area contributed by atoms with Crippen LogP contribution in [0.5, 0.6) is 0 Å². The van der Waals surface area contributed by atoms with Crippen LogP contribution in [-0.2, 0) is 6.42 Å². The fourth-order valence-electron chi connectivity index (χ4n) is 1.66. The van der Waals surface area contributed by atoms with Crippen molar-refractivity contribution in [2.75, 3.05) is 0 Å². The van der Waals surface area contributed by atoms with Crippen molar-refractivity contribution in [1.29, 1.82) is 0 Å². The summed E-state index contributed by atoms with van der Waals surface area (Å²) < 4.78 is 0. The highest BCUT2D eigenvalue weighted by Crippen LogP contribution is 2.06. The lowest BCUT2D eigenvalue weighted by atomic mass is 10.0. The molecule has 106 valence electrons. The molecule has 0 aromatic heterocycles. The Morgan fingerprint density at radius 1 is 0.833 bits per heavy atom. The smallest absolute Gasteiger partial charge is 0.0256 e. The minimum absolute atomic E-state index is 0.766. The zero-order chi connectivity index (χ0) is 14.4. The third kappa shape index (κ3) is 15.2. The van der Waals surface area contributed by atoms with E-state index in [0.29, 0.717) is 0 Å². The minimum atomic E-state index is 0.766. The standard InChI is InChI=1S/C10H14.C6H14.C2H6/c1-9(2)8-10-6-4-3-5-7-10;1-4-5-6(2)3;1-2/h3-7,9H,8H2,1-2H3;6H,4-5H2,1-3H3;1-2H3. The van der Waals surface area contributed by atoms with Crippen molar-refractivity contribution in [3.8, 4) is 0 Å². The Morgan fingerprint density at radius 3 is 1.61 bits per heavy atom. The third-order valence-electron chi connectivity index (χ3n) is 2.35. The van der Waals surface area contributed by atoms with Gasteiger partial charge in [-0.1, -0.05) is 91.6 Å². The van der Waals surface area contributed by atoms with E-state index in [4.69, 9.17) is 0 Å². The molecule has 0 saturated heterocycles. The molecule has 0 radical (unpaired) electrons. The summed E-state index contributed by atoms with van der Waals surface area (Å²) in [4.78, 5) is 0. The second-order valence-electron chi connectivity index (χ2n) is 5.27. The lowest BCUT2D eigenvalue weighted by Gasteiger charge is -2.02. The molecule has 0 atom stereocenters. The van der Waals surface area contributed by atoms with Crippen molar-refractivity contribution in [2.24, 2.45) is 11.8 Å². The van der Waals surface area contributed by atoms with Gasteiger partial charge in [-0.3, -0.25) is 0 Å². The van der Waals surface area contributed by atoms with Crippen molar-refractivity contribution < 1.29 is 0 Å². The average Bonchev–Trinajstić information content (AvgIpc) is 2.32. The van der Waals surface area contributed by atoms with E-state index in [-0.39, 0.29) is 0 Å². The van der Waals surface area contributed by atoms with Crippen LogP contribution in [0.4, 0.5) is 0 Å². The van der Waals surface area contributed by atoms with Gasteiger partial charge in [0.1, 0.15) is 0 Å². The first kappa shape index (κ1) is 19.6. The SMILES string of the molecule is CC.CC(C)Cc1ccccc1.CCCC(C)C. The first-order chi connectivity index (χ1) is 8.56. The number of hydrogen-bond donors (Lipinski definition) is 0. The van der Waals surface area contributed by atoms with Gasteiger partial charge in [-0.15, -0.1) is 0 Å². The van der Waals surface area contributed by atoms with Gasteiger partial charge in [0.2, 0.25) is 0 Å². The Morgan fingerprint density at radius 2 is 1.33 bits per heavy atom. The van der Waals surface area contributed by atoms with Crippen LogP contribution in [0.15, 0.2) is 30.3 Å². The van der Waals surface area contributed by atoms with Gasteiger partial charge in [-0.05, 0) is 23.8 Å². The third-order valence-corrected chi connectivity index (χ3v) is 2.35. The van der Waals surface area contributed by atoms with Gasteiger partial charge in [0.15, 0.2) is 0 Å². The molecule has 0 unspecified atom stereocenters. The van der Waals surface area contributed by atoms with Gasteiger partial charge >= 0.3 is 0 Å². The van der Waals surface area contributed by atoms with E-state index in [1.807, 2.05) is 13.8 Å². The second-order valence-corrected chi connectivity index (χ2v) is 5.27. The highest BCUT2D eigenvalue weighted by molar-refractivity contribution is 5.14. The first-order valence-corrected chi connectivity index (χ1v) is 7.60. The molecule has 0 aliphatic rings. The fourth-order valence-corrected chi connectivity index (χ4v) is 1.66. The maximum atomic E-state index is 2.25. The van der Waals surface area contributed by atoms with Crippen molar-refractivity contribution in [2.45, 2.75) is 67.7 Å². The number of benzene rings is 1. The van der Waals surface area contributed by atoms with Gasteiger partial charge in [-0.25, -0.2) is 0 Å². The molecule has 0 heteroatoms. The number of rotatable bonds is 4. The Labute approximate surface area is 116 Å². The minimum Gasteiger partial charge on any atom is -0.0683 e. The topological polar surface area (TPSA) is 0 Å². The highest BCUT2D eigenvalue weighted by Gasteiger charge is 1.94. The van der Waals surface area contributed by atoms with Gasteiger partial charge in [0.05, 0.1) is 0 Å². The molecule has 0 bridgehead atoms. The average molecular weight is 250 g/mol. The van der Waals surface area contributed by atoms with E-state index < -0.39 is 0 Å². The Kier molecular flexibility index (Phi) is 15.5. The molecule has 0 N–H and O–H groups in total. The van der Waals surface area contributed by atoms with E-state index in [1.165, 1.54) is 24.8 Å². The maximum Gasteiger partial charge on any atom is -0.0256 e. The van der Waals surface area contributed by atoms with E-state index in [1.54, 1.807) is 0 Å². The van der Waals surface area contributed by atoms with Crippen molar-refractivity contribution in [1.82, 2.24) is 0 Å². The predicted octanol–water partition coefficient (Wildman–Crippen LogP) is 6.35. The van der Waals surface area contributed by atoms with Crippen LogP contribution in [-0.4, -0.2) is 0 Å². The second kappa shape index (κ2) is 14.3. The fraction of sp³-hybridized carbons (Fsp3) is 0.667. The zero-order valence-electron chi connectivity index (χ0n) is 13.7. The van der Waals surface area contributed by atoms with E-state index >= 15 is 0 Å². The molecule has 0 saturated carbocycles. The normalized spacial score (nSPS) is 9.39. The molecule has 0 spiro atoms. The zero-order valence-corrected chi connectivity index (χ0v) is 13.7. The van der Waals surface area contributed by atoms with Gasteiger partial charge in [-0.2, -0.15) is 0 Å². The van der Waals surface area contributed by atoms with Crippen LogP contribution in [0.1, 0.15) is 66.9 Å². The molecular formula is C18H34. The lowest BCUT2D eigenvalue weighted by molar-refractivity contribution is 0.576. The summed E-state index contributed by atoms with van der Waals surface area (Å²) in [6.45, 7) is 15.2. The lowest BCUT2D eigenvalue weighted by Crippen LogP contribution is -1.92. The van der Waals surface area contributed by atoms with Gasteiger partial charge in [0, 0.05) is 0 Å². The van der Waals surface area contributed by atoms with Crippen molar-refractivity contribution in [3.05, 3.63) is 35.9 Å². The molecular weight excluding hydrogens is 216 g/mol. The monoisotopic (exact) mass is 250 g/mol. The molecule has 1 rings (SSSR count). The van der Waals surface area contributed by atoms with E-state index in [2.05, 4.69) is 65.0 Å². The van der Waals surface area contributed by atoms with Crippen LogP contribution < -0.4 is 0 Å². The highest BCUT2D eigenvalue weighted by atomic mass is 14.0. The maximum absolute atomic E-state index is 2.25. The summed E-state index contributed by atoms with van der Waals surface area (Å²) in [5.74, 6) is 1.66. The molecule has 1 aromatic rings.